The fraction of sp³-hybridized carbons (Fsp3) is 0.417. The lowest BCUT2D eigenvalue weighted by Gasteiger charge is -2.17. The van der Waals surface area contributed by atoms with Crippen LogP contribution in [0.5, 0.6) is 0 Å². The van der Waals surface area contributed by atoms with E-state index in [1.165, 1.54) is 4.88 Å². The molecule has 0 bridgehead atoms. The lowest BCUT2D eigenvalue weighted by Crippen LogP contribution is -2.21. The highest BCUT2D eigenvalue weighted by Gasteiger charge is 2.07. The zero-order chi connectivity index (χ0) is 13.0. The number of thiazole rings is 1. The molecular weight excluding hydrogens is 264 g/mol. The second-order valence-electron chi connectivity index (χ2n) is 3.93. The smallest absolute Gasteiger partial charge is 0.189 e. The molecule has 6 heteroatoms. The fourth-order valence-electron chi connectivity index (χ4n) is 1.59. The average molecular weight is 280 g/mol. The van der Waals surface area contributed by atoms with E-state index in [2.05, 4.69) is 33.8 Å². The Morgan fingerprint density at radius 2 is 2.22 bits per heavy atom. The van der Waals surface area contributed by atoms with Crippen molar-refractivity contribution < 1.29 is 0 Å². The number of thioether (sulfide) groups is 1. The number of aryl methyl sites for hydroxylation is 1. The first-order valence-electron chi connectivity index (χ1n) is 5.68. The van der Waals surface area contributed by atoms with Gasteiger partial charge in [0.25, 0.3) is 0 Å². The average Bonchev–Trinajstić information content (AvgIpc) is 2.81. The predicted molar refractivity (Wildman–Crippen MR) is 77.6 cm³/mol. The molecule has 0 aliphatic heterocycles. The van der Waals surface area contributed by atoms with Gasteiger partial charge in [-0.3, -0.25) is 0 Å². The van der Waals surface area contributed by atoms with Gasteiger partial charge in [0.2, 0.25) is 0 Å². The minimum Gasteiger partial charge on any atom is -0.359 e. The first-order valence-corrected chi connectivity index (χ1v) is 7.78. The van der Waals surface area contributed by atoms with E-state index in [1.54, 1.807) is 23.1 Å². The number of hydrogen-bond donors (Lipinski definition) is 0. The van der Waals surface area contributed by atoms with Crippen LogP contribution < -0.4 is 4.90 Å². The summed E-state index contributed by atoms with van der Waals surface area (Å²) in [5.41, 5.74) is 3.04. The molecule has 0 saturated carbocycles. The van der Waals surface area contributed by atoms with Crippen molar-refractivity contribution in [3.8, 4) is 0 Å². The quantitative estimate of drug-likeness (QED) is 0.622. The van der Waals surface area contributed by atoms with Gasteiger partial charge in [0.1, 0.15) is 5.82 Å². The highest BCUT2D eigenvalue weighted by Crippen LogP contribution is 2.16. The molecule has 0 unspecified atom stereocenters. The first-order chi connectivity index (χ1) is 8.70. The number of aromatic nitrogens is 3. The molecule has 0 N–H and O–H groups in total. The molecule has 2 heterocycles. The highest BCUT2D eigenvalue weighted by atomic mass is 32.2. The lowest BCUT2D eigenvalue weighted by atomic mass is 10.3. The molecule has 2 rings (SSSR count). The summed E-state index contributed by atoms with van der Waals surface area (Å²) >= 11 is 3.28. The van der Waals surface area contributed by atoms with Crippen LogP contribution in [0.2, 0.25) is 0 Å². The van der Waals surface area contributed by atoms with Crippen molar-refractivity contribution in [3.05, 3.63) is 28.3 Å². The van der Waals surface area contributed by atoms with Crippen molar-refractivity contribution in [2.45, 2.75) is 18.5 Å². The molecule has 96 valence electrons. The minimum atomic E-state index is 0.813. The van der Waals surface area contributed by atoms with Crippen LogP contribution in [0.1, 0.15) is 10.6 Å². The van der Waals surface area contributed by atoms with Crippen LogP contribution in [0, 0.1) is 6.92 Å². The standard InChI is InChI=1S/C12H16N4S2/c1-9-10(18-8-14-9)5-7-16(2)11-4-6-13-12(15-11)17-3/h4,6,8H,5,7H2,1-3H3. The molecule has 0 aliphatic rings. The molecule has 0 radical (unpaired) electrons. The van der Waals surface area contributed by atoms with Gasteiger partial charge in [0.05, 0.1) is 11.2 Å². The maximum atomic E-state index is 4.48. The molecule has 18 heavy (non-hydrogen) atoms. The van der Waals surface area contributed by atoms with Gasteiger partial charge >= 0.3 is 0 Å². The van der Waals surface area contributed by atoms with Crippen LogP contribution in [0.3, 0.4) is 0 Å². The summed E-state index contributed by atoms with van der Waals surface area (Å²) in [4.78, 5) is 16.4. The highest BCUT2D eigenvalue weighted by molar-refractivity contribution is 7.98. The summed E-state index contributed by atoms with van der Waals surface area (Å²) in [7, 11) is 2.06. The van der Waals surface area contributed by atoms with Crippen molar-refractivity contribution in [2.24, 2.45) is 0 Å². The Bertz CT molecular complexity index is 512. The number of likely N-dealkylation sites (N-methyl/N-ethyl adjacent to an activating group) is 1. The van der Waals surface area contributed by atoms with E-state index in [-0.39, 0.29) is 0 Å². The van der Waals surface area contributed by atoms with E-state index in [9.17, 15) is 0 Å². The summed E-state index contributed by atoms with van der Waals surface area (Å²) in [6, 6.07) is 1.94. The third kappa shape index (κ3) is 3.20. The number of rotatable bonds is 5. The topological polar surface area (TPSA) is 41.9 Å². The van der Waals surface area contributed by atoms with Crippen molar-refractivity contribution in [3.63, 3.8) is 0 Å². The molecule has 2 aromatic rings. The maximum Gasteiger partial charge on any atom is 0.189 e. The third-order valence-corrected chi connectivity index (χ3v) is 4.27. The van der Waals surface area contributed by atoms with Gasteiger partial charge in [-0.1, -0.05) is 11.8 Å². The van der Waals surface area contributed by atoms with E-state index in [0.717, 1.165) is 29.6 Å². The molecule has 0 saturated heterocycles. The number of anilines is 1. The summed E-state index contributed by atoms with van der Waals surface area (Å²) in [6.45, 7) is 3.00. The van der Waals surface area contributed by atoms with Crippen LogP contribution in [0.15, 0.2) is 22.9 Å². The first kappa shape index (κ1) is 13.3. The second-order valence-corrected chi connectivity index (χ2v) is 5.65. The normalized spacial score (nSPS) is 10.6. The second kappa shape index (κ2) is 6.15. The minimum absolute atomic E-state index is 0.813. The lowest BCUT2D eigenvalue weighted by molar-refractivity contribution is 0.836. The SMILES string of the molecule is CSc1nccc(N(C)CCc2scnc2C)n1. The Morgan fingerprint density at radius 3 is 2.89 bits per heavy atom. The van der Waals surface area contributed by atoms with Crippen LogP contribution >= 0.6 is 23.1 Å². The molecule has 2 aromatic heterocycles. The fourth-order valence-corrected chi connectivity index (χ4v) is 2.71. The van der Waals surface area contributed by atoms with E-state index >= 15 is 0 Å². The molecule has 0 fully saturated rings. The third-order valence-electron chi connectivity index (χ3n) is 2.71. The Hall–Kier alpha value is -1.14. The van der Waals surface area contributed by atoms with Gasteiger partial charge in [-0.05, 0) is 19.2 Å². The summed E-state index contributed by atoms with van der Waals surface area (Å²) in [5, 5.41) is 0.813. The van der Waals surface area contributed by atoms with Crippen molar-refractivity contribution in [2.75, 3.05) is 24.7 Å². The van der Waals surface area contributed by atoms with Crippen LogP contribution in [0.25, 0.3) is 0 Å². The molecule has 0 atom stereocenters. The molecule has 0 aliphatic carbocycles. The Kier molecular flexibility index (Phi) is 4.54. The maximum absolute atomic E-state index is 4.48. The van der Waals surface area contributed by atoms with Gasteiger partial charge in [-0.15, -0.1) is 11.3 Å². The van der Waals surface area contributed by atoms with Crippen LogP contribution in [-0.2, 0) is 6.42 Å². The number of nitrogens with zero attached hydrogens (tertiary/aromatic N) is 4. The van der Waals surface area contributed by atoms with Crippen molar-refractivity contribution in [1.82, 2.24) is 15.0 Å². The summed E-state index contributed by atoms with van der Waals surface area (Å²) in [5.74, 6) is 0.969. The van der Waals surface area contributed by atoms with Crippen LogP contribution in [-0.4, -0.2) is 34.8 Å². The number of hydrogen-bond acceptors (Lipinski definition) is 6. The Labute approximate surface area is 115 Å². The van der Waals surface area contributed by atoms with Gasteiger partial charge in [0.15, 0.2) is 5.16 Å². The summed E-state index contributed by atoms with van der Waals surface area (Å²) in [6.07, 6.45) is 4.80. The van der Waals surface area contributed by atoms with Gasteiger partial charge < -0.3 is 4.90 Å². The molecule has 0 aromatic carbocycles. The van der Waals surface area contributed by atoms with E-state index in [4.69, 9.17) is 0 Å². The van der Waals surface area contributed by atoms with Crippen molar-refractivity contribution >= 4 is 28.9 Å². The molecule has 4 nitrogen and oxygen atoms in total. The Morgan fingerprint density at radius 1 is 1.39 bits per heavy atom. The zero-order valence-corrected chi connectivity index (χ0v) is 12.4. The van der Waals surface area contributed by atoms with Gasteiger partial charge in [0, 0.05) is 31.1 Å². The zero-order valence-electron chi connectivity index (χ0n) is 10.8. The van der Waals surface area contributed by atoms with Crippen LogP contribution in [0.4, 0.5) is 5.82 Å². The monoisotopic (exact) mass is 280 g/mol. The molecular formula is C12H16N4S2. The van der Waals surface area contributed by atoms with Gasteiger partial charge in [-0.2, -0.15) is 0 Å². The Balaban J connectivity index is 1.99. The van der Waals surface area contributed by atoms with E-state index < -0.39 is 0 Å². The van der Waals surface area contributed by atoms with Gasteiger partial charge in [-0.25, -0.2) is 15.0 Å². The largest absolute Gasteiger partial charge is 0.359 e. The van der Waals surface area contributed by atoms with E-state index in [1.807, 2.05) is 24.0 Å². The van der Waals surface area contributed by atoms with E-state index in [0.29, 0.717) is 0 Å². The molecule has 0 spiro atoms. The molecule has 0 amide bonds. The van der Waals surface area contributed by atoms with Crippen molar-refractivity contribution in [1.29, 1.82) is 0 Å². The summed E-state index contributed by atoms with van der Waals surface area (Å²) < 4.78 is 0. The predicted octanol–water partition coefficient (Wildman–Crippen LogP) is 2.64.